The fourth-order valence-electron chi connectivity index (χ4n) is 5.08. The highest BCUT2D eigenvalue weighted by molar-refractivity contribution is 5.62. The number of aryl methyl sites for hydroxylation is 1. The molecule has 1 saturated heterocycles. The van der Waals surface area contributed by atoms with Crippen molar-refractivity contribution in [3.8, 4) is 11.1 Å². The minimum Gasteiger partial charge on any atom is -0.363 e. The molecule has 6 heteroatoms. The Morgan fingerprint density at radius 3 is 2.80 bits per heavy atom. The highest BCUT2D eigenvalue weighted by atomic mass is 16.1. The Bertz CT molecular complexity index is 1210. The quantitative estimate of drug-likeness (QED) is 0.731. The number of piperidine rings is 1. The average molecular weight is 402 g/mol. The summed E-state index contributed by atoms with van der Waals surface area (Å²) in [6.45, 7) is 7.08. The predicted molar refractivity (Wildman–Crippen MR) is 117 cm³/mol. The van der Waals surface area contributed by atoms with Gasteiger partial charge in [-0.15, -0.1) is 0 Å². The van der Waals surface area contributed by atoms with E-state index in [1.165, 1.54) is 0 Å². The number of nitrogens with zero attached hydrogens (tertiary/aromatic N) is 3. The van der Waals surface area contributed by atoms with Crippen molar-refractivity contribution in [3.05, 3.63) is 85.9 Å². The zero-order valence-corrected chi connectivity index (χ0v) is 17.4. The molecule has 2 atom stereocenters. The van der Waals surface area contributed by atoms with E-state index in [9.17, 15) is 9.59 Å². The summed E-state index contributed by atoms with van der Waals surface area (Å²) in [5.41, 5.74) is 5.79. The summed E-state index contributed by atoms with van der Waals surface area (Å²) >= 11 is 0. The SMILES string of the molecule is Cc1c[nH]c(CN2C[C@@H]3C[C@H](C2)c2cc(-c4cccnc4)cc(=O)n2C3)c(C)c1=O. The van der Waals surface area contributed by atoms with E-state index in [2.05, 4.69) is 20.9 Å². The predicted octanol–water partition coefficient (Wildman–Crippen LogP) is 2.83. The third-order valence-electron chi connectivity index (χ3n) is 6.62. The molecule has 2 bridgehead atoms. The minimum atomic E-state index is 0.0770. The number of pyridine rings is 3. The molecular weight excluding hydrogens is 376 g/mol. The van der Waals surface area contributed by atoms with Crippen LogP contribution in [0, 0.1) is 19.8 Å². The Labute approximate surface area is 175 Å². The van der Waals surface area contributed by atoms with Crippen LogP contribution in [0.15, 0.2) is 52.4 Å². The van der Waals surface area contributed by atoms with Gasteiger partial charge in [0, 0.05) is 84.8 Å². The van der Waals surface area contributed by atoms with Gasteiger partial charge in [0.25, 0.3) is 5.56 Å². The summed E-state index contributed by atoms with van der Waals surface area (Å²) in [4.78, 5) is 35.1. The van der Waals surface area contributed by atoms with Crippen molar-refractivity contribution >= 4 is 0 Å². The second-order valence-corrected chi connectivity index (χ2v) is 8.76. The summed E-state index contributed by atoms with van der Waals surface area (Å²) in [5.74, 6) is 0.773. The van der Waals surface area contributed by atoms with Crippen LogP contribution in [0.5, 0.6) is 0 Å². The van der Waals surface area contributed by atoms with E-state index in [4.69, 9.17) is 0 Å². The van der Waals surface area contributed by atoms with Crippen LogP contribution in [0.4, 0.5) is 0 Å². The van der Waals surface area contributed by atoms with Gasteiger partial charge in [-0.25, -0.2) is 0 Å². The van der Waals surface area contributed by atoms with Gasteiger partial charge in [0.2, 0.25) is 0 Å². The van der Waals surface area contributed by atoms with Gasteiger partial charge in [0.05, 0.1) is 0 Å². The van der Waals surface area contributed by atoms with Gasteiger partial charge < -0.3 is 9.55 Å². The fraction of sp³-hybridized carbons (Fsp3) is 0.375. The van der Waals surface area contributed by atoms with Crippen molar-refractivity contribution in [2.45, 2.75) is 39.3 Å². The van der Waals surface area contributed by atoms with E-state index < -0.39 is 0 Å². The Hall–Kier alpha value is -2.99. The van der Waals surface area contributed by atoms with E-state index in [1.807, 2.05) is 36.7 Å². The third-order valence-corrected chi connectivity index (χ3v) is 6.62. The lowest BCUT2D eigenvalue weighted by atomic mass is 9.82. The van der Waals surface area contributed by atoms with Gasteiger partial charge in [0.15, 0.2) is 5.43 Å². The molecule has 3 aromatic rings. The number of aromatic amines is 1. The number of rotatable bonds is 3. The molecule has 6 nitrogen and oxygen atoms in total. The Balaban J connectivity index is 1.45. The molecule has 5 rings (SSSR count). The molecule has 0 aliphatic carbocycles. The summed E-state index contributed by atoms with van der Waals surface area (Å²) in [5, 5.41) is 0. The Morgan fingerprint density at radius 2 is 2.00 bits per heavy atom. The van der Waals surface area contributed by atoms with Gasteiger partial charge in [-0.2, -0.15) is 0 Å². The highest BCUT2D eigenvalue weighted by Gasteiger charge is 2.35. The molecule has 5 heterocycles. The number of hydrogen-bond donors (Lipinski definition) is 1. The van der Waals surface area contributed by atoms with Crippen molar-refractivity contribution in [1.82, 2.24) is 19.4 Å². The van der Waals surface area contributed by atoms with Crippen molar-refractivity contribution in [2.75, 3.05) is 13.1 Å². The number of H-pyrrole nitrogens is 1. The molecule has 2 aliphatic heterocycles. The van der Waals surface area contributed by atoms with Gasteiger partial charge >= 0.3 is 0 Å². The Morgan fingerprint density at radius 1 is 1.13 bits per heavy atom. The molecule has 3 aromatic heterocycles. The van der Waals surface area contributed by atoms with Crippen LogP contribution in [-0.2, 0) is 13.1 Å². The first kappa shape index (κ1) is 19.0. The molecule has 0 unspecified atom stereocenters. The monoisotopic (exact) mass is 402 g/mol. The highest BCUT2D eigenvalue weighted by Crippen LogP contribution is 2.37. The number of nitrogens with one attached hydrogen (secondary N) is 1. The largest absolute Gasteiger partial charge is 0.363 e. The van der Waals surface area contributed by atoms with E-state index >= 15 is 0 Å². The smallest absolute Gasteiger partial charge is 0.251 e. The average Bonchev–Trinajstić information content (AvgIpc) is 2.75. The first-order valence-electron chi connectivity index (χ1n) is 10.5. The summed E-state index contributed by atoms with van der Waals surface area (Å²) in [6, 6.07) is 7.80. The van der Waals surface area contributed by atoms with Crippen molar-refractivity contribution in [2.24, 2.45) is 5.92 Å². The molecule has 154 valence electrons. The third kappa shape index (κ3) is 3.31. The summed E-state index contributed by atoms with van der Waals surface area (Å²) in [7, 11) is 0. The lowest BCUT2D eigenvalue weighted by molar-refractivity contribution is 0.113. The lowest BCUT2D eigenvalue weighted by Crippen LogP contribution is -2.47. The molecule has 1 fully saturated rings. The maximum Gasteiger partial charge on any atom is 0.251 e. The number of fused-ring (bicyclic) bond motifs is 4. The van der Waals surface area contributed by atoms with Crippen LogP contribution in [0.3, 0.4) is 0 Å². The molecule has 30 heavy (non-hydrogen) atoms. The maximum absolute atomic E-state index is 12.9. The van der Waals surface area contributed by atoms with Crippen LogP contribution in [0.2, 0.25) is 0 Å². The fourth-order valence-corrected chi connectivity index (χ4v) is 5.08. The topological polar surface area (TPSA) is 71.0 Å². The van der Waals surface area contributed by atoms with Gasteiger partial charge in [-0.1, -0.05) is 6.07 Å². The standard InChI is InChI=1S/C24H26N4O2/c1-15-9-26-21(16(2)24(15)30)14-27-11-17-6-20(13-27)22-7-19(8-23(29)28(22)12-17)18-4-3-5-25-10-18/h3-5,7-10,17,20H,6,11-14H2,1-2H3,(H,26,30)/t17-,20+/m0/s1. The van der Waals surface area contributed by atoms with Crippen molar-refractivity contribution < 1.29 is 0 Å². The van der Waals surface area contributed by atoms with E-state index in [1.54, 1.807) is 18.5 Å². The second kappa shape index (κ2) is 7.36. The lowest BCUT2D eigenvalue weighted by Gasteiger charge is -2.43. The van der Waals surface area contributed by atoms with E-state index in [0.717, 1.165) is 66.2 Å². The molecule has 0 amide bonds. The zero-order valence-electron chi connectivity index (χ0n) is 17.4. The first-order valence-corrected chi connectivity index (χ1v) is 10.5. The van der Waals surface area contributed by atoms with Crippen LogP contribution >= 0.6 is 0 Å². The van der Waals surface area contributed by atoms with Crippen LogP contribution in [0.25, 0.3) is 11.1 Å². The first-order chi connectivity index (χ1) is 14.5. The minimum absolute atomic E-state index is 0.0770. The molecule has 2 aliphatic rings. The van der Waals surface area contributed by atoms with Crippen molar-refractivity contribution in [3.63, 3.8) is 0 Å². The van der Waals surface area contributed by atoms with Gasteiger partial charge in [0.1, 0.15) is 0 Å². The number of aromatic nitrogens is 3. The Kier molecular flexibility index (Phi) is 4.66. The van der Waals surface area contributed by atoms with Crippen molar-refractivity contribution in [1.29, 1.82) is 0 Å². The van der Waals surface area contributed by atoms with Crippen LogP contribution in [0.1, 0.15) is 34.9 Å². The molecule has 0 radical (unpaired) electrons. The molecule has 0 saturated carbocycles. The molecule has 0 spiro atoms. The normalized spacial score (nSPS) is 20.7. The zero-order chi connectivity index (χ0) is 20.8. The van der Waals surface area contributed by atoms with Crippen LogP contribution in [-0.4, -0.2) is 32.5 Å². The molecular formula is C24H26N4O2. The van der Waals surface area contributed by atoms with Crippen LogP contribution < -0.4 is 11.0 Å². The molecule has 0 aromatic carbocycles. The number of likely N-dealkylation sites (tertiary alicyclic amines) is 1. The van der Waals surface area contributed by atoms with E-state index in [0.29, 0.717) is 11.8 Å². The molecule has 1 N–H and O–H groups in total. The maximum atomic E-state index is 12.9. The van der Waals surface area contributed by atoms with E-state index in [-0.39, 0.29) is 11.0 Å². The van der Waals surface area contributed by atoms with Gasteiger partial charge in [-0.3, -0.25) is 19.5 Å². The second-order valence-electron chi connectivity index (χ2n) is 8.76. The summed E-state index contributed by atoms with van der Waals surface area (Å²) in [6.07, 6.45) is 6.47. The van der Waals surface area contributed by atoms with Gasteiger partial charge in [-0.05, 0) is 43.9 Å². The number of hydrogen-bond acceptors (Lipinski definition) is 4. The summed E-state index contributed by atoms with van der Waals surface area (Å²) < 4.78 is 1.97.